The number of aryl methyl sites for hydroxylation is 1. The van der Waals surface area contributed by atoms with E-state index in [1.165, 1.54) is 19.3 Å². The van der Waals surface area contributed by atoms with Crippen LogP contribution in [-0.2, 0) is 6.42 Å². The SMILES string of the molecule is CCCc1nc(C2CCC2)no1. The quantitative estimate of drug-likeness (QED) is 0.691. The Morgan fingerprint density at radius 1 is 1.50 bits per heavy atom. The molecular formula is C9H14N2O. The van der Waals surface area contributed by atoms with Gasteiger partial charge in [0.1, 0.15) is 0 Å². The molecule has 1 aliphatic carbocycles. The summed E-state index contributed by atoms with van der Waals surface area (Å²) >= 11 is 0. The van der Waals surface area contributed by atoms with Crippen molar-refractivity contribution in [3.05, 3.63) is 11.7 Å². The number of aromatic nitrogens is 2. The topological polar surface area (TPSA) is 38.9 Å². The van der Waals surface area contributed by atoms with E-state index in [4.69, 9.17) is 4.52 Å². The van der Waals surface area contributed by atoms with Gasteiger partial charge in [-0.15, -0.1) is 0 Å². The van der Waals surface area contributed by atoms with E-state index in [1.807, 2.05) is 0 Å². The summed E-state index contributed by atoms with van der Waals surface area (Å²) in [7, 11) is 0. The van der Waals surface area contributed by atoms with Crippen molar-refractivity contribution in [3.8, 4) is 0 Å². The molecule has 1 heterocycles. The van der Waals surface area contributed by atoms with Crippen molar-refractivity contribution in [2.75, 3.05) is 0 Å². The third kappa shape index (κ3) is 1.36. The smallest absolute Gasteiger partial charge is 0.226 e. The second kappa shape index (κ2) is 3.25. The lowest BCUT2D eigenvalue weighted by Crippen LogP contribution is -2.10. The van der Waals surface area contributed by atoms with Crippen LogP contribution in [0.1, 0.15) is 50.2 Å². The number of hydrogen-bond acceptors (Lipinski definition) is 3. The zero-order chi connectivity index (χ0) is 8.39. The first-order chi connectivity index (χ1) is 5.90. The third-order valence-electron chi connectivity index (χ3n) is 2.42. The van der Waals surface area contributed by atoms with Crippen molar-refractivity contribution in [2.24, 2.45) is 0 Å². The lowest BCUT2D eigenvalue weighted by molar-refractivity contribution is 0.346. The fraction of sp³-hybridized carbons (Fsp3) is 0.778. The van der Waals surface area contributed by atoms with Crippen LogP contribution in [-0.4, -0.2) is 10.1 Å². The first-order valence-corrected chi connectivity index (χ1v) is 4.72. The molecule has 66 valence electrons. The monoisotopic (exact) mass is 166 g/mol. The van der Waals surface area contributed by atoms with Gasteiger partial charge in [-0.25, -0.2) is 0 Å². The molecule has 1 aromatic rings. The second-order valence-corrected chi connectivity index (χ2v) is 3.42. The van der Waals surface area contributed by atoms with Gasteiger partial charge in [-0.05, 0) is 19.3 Å². The molecule has 0 saturated heterocycles. The molecule has 1 fully saturated rings. The average Bonchev–Trinajstić information content (AvgIpc) is 2.34. The molecule has 0 aliphatic heterocycles. The van der Waals surface area contributed by atoms with Gasteiger partial charge in [0.05, 0.1) is 0 Å². The lowest BCUT2D eigenvalue weighted by Gasteiger charge is -2.20. The summed E-state index contributed by atoms with van der Waals surface area (Å²) in [6.45, 7) is 2.12. The van der Waals surface area contributed by atoms with Crippen LogP contribution >= 0.6 is 0 Å². The molecule has 1 saturated carbocycles. The zero-order valence-corrected chi connectivity index (χ0v) is 7.42. The third-order valence-corrected chi connectivity index (χ3v) is 2.42. The molecule has 0 atom stereocenters. The molecule has 0 spiro atoms. The normalized spacial score (nSPS) is 17.8. The van der Waals surface area contributed by atoms with Gasteiger partial charge in [0.2, 0.25) is 5.89 Å². The largest absolute Gasteiger partial charge is 0.339 e. The van der Waals surface area contributed by atoms with Crippen molar-refractivity contribution < 1.29 is 4.52 Å². The highest BCUT2D eigenvalue weighted by molar-refractivity contribution is 4.99. The Kier molecular flexibility index (Phi) is 2.11. The van der Waals surface area contributed by atoms with E-state index >= 15 is 0 Å². The molecule has 2 rings (SSSR count). The van der Waals surface area contributed by atoms with Crippen molar-refractivity contribution in [1.82, 2.24) is 10.1 Å². The van der Waals surface area contributed by atoms with Crippen LogP contribution in [0.5, 0.6) is 0 Å². The Labute approximate surface area is 72.2 Å². The minimum atomic E-state index is 0.597. The molecule has 0 amide bonds. The van der Waals surface area contributed by atoms with E-state index in [9.17, 15) is 0 Å². The standard InChI is InChI=1S/C9H14N2O/c1-2-4-8-10-9(11-12-8)7-5-3-6-7/h7H,2-6H2,1H3. The van der Waals surface area contributed by atoms with Crippen LogP contribution in [0.2, 0.25) is 0 Å². The summed E-state index contributed by atoms with van der Waals surface area (Å²) in [6, 6.07) is 0. The van der Waals surface area contributed by atoms with Crippen LogP contribution in [0.3, 0.4) is 0 Å². The first-order valence-electron chi connectivity index (χ1n) is 4.72. The summed E-state index contributed by atoms with van der Waals surface area (Å²) in [4.78, 5) is 4.34. The average molecular weight is 166 g/mol. The molecule has 0 radical (unpaired) electrons. The van der Waals surface area contributed by atoms with E-state index < -0.39 is 0 Å². The summed E-state index contributed by atoms with van der Waals surface area (Å²) in [5.74, 6) is 2.34. The maximum absolute atomic E-state index is 5.10. The van der Waals surface area contributed by atoms with Crippen molar-refractivity contribution in [1.29, 1.82) is 0 Å². The summed E-state index contributed by atoms with van der Waals surface area (Å²) in [6.07, 6.45) is 5.80. The highest BCUT2D eigenvalue weighted by atomic mass is 16.5. The molecule has 1 aromatic heterocycles. The van der Waals surface area contributed by atoms with Crippen molar-refractivity contribution in [3.63, 3.8) is 0 Å². The van der Waals surface area contributed by atoms with Gasteiger partial charge in [0.15, 0.2) is 5.82 Å². The summed E-state index contributed by atoms with van der Waals surface area (Å²) < 4.78 is 5.10. The number of nitrogens with zero attached hydrogens (tertiary/aromatic N) is 2. The molecule has 0 aromatic carbocycles. The molecule has 0 unspecified atom stereocenters. The Morgan fingerprint density at radius 3 is 2.92 bits per heavy atom. The van der Waals surface area contributed by atoms with Gasteiger partial charge in [0.25, 0.3) is 0 Å². The molecule has 1 aliphatic rings. The van der Waals surface area contributed by atoms with Crippen LogP contribution in [0.15, 0.2) is 4.52 Å². The highest BCUT2D eigenvalue weighted by Gasteiger charge is 2.24. The molecule has 12 heavy (non-hydrogen) atoms. The molecule has 0 bridgehead atoms. The van der Waals surface area contributed by atoms with Gasteiger partial charge in [-0.3, -0.25) is 0 Å². The van der Waals surface area contributed by atoms with Crippen molar-refractivity contribution in [2.45, 2.75) is 44.9 Å². The van der Waals surface area contributed by atoms with Gasteiger partial charge in [0, 0.05) is 12.3 Å². The van der Waals surface area contributed by atoms with Crippen LogP contribution in [0.4, 0.5) is 0 Å². The van der Waals surface area contributed by atoms with Gasteiger partial charge >= 0.3 is 0 Å². The van der Waals surface area contributed by atoms with E-state index in [-0.39, 0.29) is 0 Å². The zero-order valence-electron chi connectivity index (χ0n) is 7.42. The molecular weight excluding hydrogens is 152 g/mol. The predicted molar refractivity (Wildman–Crippen MR) is 44.9 cm³/mol. The minimum Gasteiger partial charge on any atom is -0.339 e. The van der Waals surface area contributed by atoms with Gasteiger partial charge in [-0.1, -0.05) is 18.5 Å². The van der Waals surface area contributed by atoms with Crippen LogP contribution in [0.25, 0.3) is 0 Å². The Hall–Kier alpha value is -0.860. The predicted octanol–water partition coefficient (Wildman–Crippen LogP) is 2.29. The number of hydrogen-bond donors (Lipinski definition) is 0. The van der Waals surface area contributed by atoms with Crippen LogP contribution in [0, 0.1) is 0 Å². The van der Waals surface area contributed by atoms with E-state index in [1.54, 1.807) is 0 Å². The van der Waals surface area contributed by atoms with Crippen molar-refractivity contribution >= 4 is 0 Å². The molecule has 3 nitrogen and oxygen atoms in total. The maximum atomic E-state index is 5.10. The number of rotatable bonds is 3. The lowest BCUT2D eigenvalue weighted by atomic mass is 9.85. The van der Waals surface area contributed by atoms with E-state index in [0.29, 0.717) is 5.92 Å². The van der Waals surface area contributed by atoms with E-state index in [2.05, 4.69) is 17.1 Å². The summed E-state index contributed by atoms with van der Waals surface area (Å²) in [5.41, 5.74) is 0. The molecule has 0 N–H and O–H groups in total. The Balaban J connectivity index is 2.02. The van der Waals surface area contributed by atoms with Gasteiger partial charge < -0.3 is 4.52 Å². The maximum Gasteiger partial charge on any atom is 0.226 e. The minimum absolute atomic E-state index is 0.597. The first kappa shape index (κ1) is 7.77. The Bertz CT molecular complexity index is 253. The van der Waals surface area contributed by atoms with E-state index in [0.717, 1.165) is 24.6 Å². The second-order valence-electron chi connectivity index (χ2n) is 3.42. The highest BCUT2D eigenvalue weighted by Crippen LogP contribution is 2.34. The van der Waals surface area contributed by atoms with Crippen LogP contribution < -0.4 is 0 Å². The summed E-state index contributed by atoms with van der Waals surface area (Å²) in [5, 5.41) is 3.97. The molecule has 3 heteroatoms. The fourth-order valence-corrected chi connectivity index (χ4v) is 1.42. The fourth-order valence-electron chi connectivity index (χ4n) is 1.42. The van der Waals surface area contributed by atoms with Gasteiger partial charge in [-0.2, -0.15) is 4.98 Å². The Morgan fingerprint density at radius 2 is 2.33 bits per heavy atom.